The topological polar surface area (TPSA) is 41.8 Å². The molecule has 0 spiro atoms. The van der Waals surface area contributed by atoms with E-state index in [4.69, 9.17) is 4.74 Å². The first-order chi connectivity index (χ1) is 12.3. The summed E-state index contributed by atoms with van der Waals surface area (Å²) >= 11 is 0. The molecular weight excluding hydrogens is 329 g/mol. The fourth-order valence-electron chi connectivity index (χ4n) is 2.75. The van der Waals surface area contributed by atoms with Crippen LogP contribution in [-0.4, -0.2) is 24.2 Å². The third kappa shape index (κ3) is 4.07. The molecule has 0 heterocycles. The van der Waals surface area contributed by atoms with Crippen LogP contribution in [0.2, 0.25) is 0 Å². The maximum atomic E-state index is 9.68. The summed E-state index contributed by atoms with van der Waals surface area (Å²) in [6.45, 7) is 0. The number of nitrogens with zero attached hydrogens (tertiary/aromatic N) is 1. The van der Waals surface area contributed by atoms with Gasteiger partial charge in [0.1, 0.15) is 5.75 Å². The van der Waals surface area contributed by atoms with Gasteiger partial charge in [-0.15, -0.1) is 0 Å². The van der Waals surface area contributed by atoms with E-state index in [1.807, 2.05) is 60.7 Å². The van der Waals surface area contributed by atoms with Crippen LogP contribution in [0.4, 0.5) is 0 Å². The van der Waals surface area contributed by atoms with Gasteiger partial charge in [-0.05, 0) is 30.7 Å². The highest BCUT2D eigenvalue weighted by atomic mass is 31.1. The highest BCUT2D eigenvalue weighted by molar-refractivity contribution is 7.73. The van der Waals surface area contributed by atoms with Gasteiger partial charge in [-0.25, -0.2) is 0 Å². The summed E-state index contributed by atoms with van der Waals surface area (Å²) in [6, 6.07) is 28.4. The Labute approximate surface area is 149 Å². The van der Waals surface area contributed by atoms with Crippen molar-refractivity contribution in [2.75, 3.05) is 13.3 Å². The van der Waals surface area contributed by atoms with Crippen LogP contribution in [0.3, 0.4) is 0 Å². The van der Waals surface area contributed by atoms with E-state index in [1.165, 1.54) is 10.6 Å². The SMILES string of the molecule is COc1ccccc1C(CP(c1ccccc1)c1ccccc1)=NO. The smallest absolute Gasteiger partial charge is 0.128 e. The molecule has 0 aliphatic heterocycles. The molecule has 126 valence electrons. The molecular formula is C21H20NO2P. The van der Waals surface area contributed by atoms with E-state index in [9.17, 15) is 5.21 Å². The zero-order chi connectivity index (χ0) is 17.5. The zero-order valence-electron chi connectivity index (χ0n) is 14.0. The number of hydrogen-bond acceptors (Lipinski definition) is 3. The number of methoxy groups -OCH3 is 1. The molecule has 0 aromatic heterocycles. The van der Waals surface area contributed by atoms with E-state index in [0.29, 0.717) is 17.6 Å². The third-order valence-corrected chi connectivity index (χ3v) is 6.44. The molecule has 0 amide bonds. The Morgan fingerprint density at radius 1 is 0.840 bits per heavy atom. The van der Waals surface area contributed by atoms with Crippen LogP contribution in [-0.2, 0) is 0 Å². The van der Waals surface area contributed by atoms with Gasteiger partial charge in [-0.3, -0.25) is 0 Å². The van der Waals surface area contributed by atoms with E-state index >= 15 is 0 Å². The van der Waals surface area contributed by atoms with Gasteiger partial charge < -0.3 is 9.94 Å². The molecule has 3 rings (SSSR count). The fraction of sp³-hybridized carbons (Fsp3) is 0.0952. The molecule has 0 saturated heterocycles. The molecule has 3 nitrogen and oxygen atoms in total. The van der Waals surface area contributed by atoms with E-state index < -0.39 is 7.92 Å². The normalized spacial score (nSPS) is 11.5. The molecule has 25 heavy (non-hydrogen) atoms. The third-order valence-electron chi connectivity index (χ3n) is 3.98. The average molecular weight is 349 g/mol. The van der Waals surface area contributed by atoms with Crippen LogP contribution in [0.1, 0.15) is 5.56 Å². The molecule has 0 aliphatic carbocycles. The molecule has 0 bridgehead atoms. The van der Waals surface area contributed by atoms with Crippen molar-refractivity contribution in [3.8, 4) is 5.75 Å². The monoisotopic (exact) mass is 349 g/mol. The van der Waals surface area contributed by atoms with Gasteiger partial charge in [0.05, 0.1) is 12.8 Å². The summed E-state index contributed by atoms with van der Waals surface area (Å²) in [4.78, 5) is 0. The Kier molecular flexibility index (Phi) is 5.81. The Bertz CT molecular complexity index is 795. The van der Waals surface area contributed by atoms with Gasteiger partial charge in [-0.2, -0.15) is 0 Å². The number of hydrogen-bond donors (Lipinski definition) is 1. The Balaban J connectivity index is 2.00. The van der Waals surface area contributed by atoms with Crippen LogP contribution in [0, 0.1) is 0 Å². The van der Waals surface area contributed by atoms with Gasteiger partial charge in [0.15, 0.2) is 0 Å². The van der Waals surface area contributed by atoms with Gasteiger partial charge in [0, 0.05) is 11.7 Å². The molecule has 0 unspecified atom stereocenters. The molecule has 3 aromatic carbocycles. The first kappa shape index (κ1) is 17.2. The lowest BCUT2D eigenvalue weighted by molar-refractivity contribution is 0.318. The van der Waals surface area contributed by atoms with Gasteiger partial charge in [0.25, 0.3) is 0 Å². The number of benzene rings is 3. The fourth-order valence-corrected chi connectivity index (χ4v) is 5.01. The van der Waals surface area contributed by atoms with Crippen molar-refractivity contribution in [1.29, 1.82) is 0 Å². The Morgan fingerprint density at radius 3 is 1.88 bits per heavy atom. The molecule has 4 heteroatoms. The Morgan fingerprint density at radius 2 is 1.36 bits per heavy atom. The summed E-state index contributed by atoms with van der Waals surface area (Å²) < 4.78 is 5.44. The summed E-state index contributed by atoms with van der Waals surface area (Å²) in [5, 5.41) is 15.8. The van der Waals surface area contributed by atoms with Crippen molar-refractivity contribution in [3.05, 3.63) is 90.5 Å². The van der Waals surface area contributed by atoms with E-state index in [2.05, 4.69) is 29.4 Å². The zero-order valence-corrected chi connectivity index (χ0v) is 14.9. The van der Waals surface area contributed by atoms with E-state index in [-0.39, 0.29) is 0 Å². The van der Waals surface area contributed by atoms with Gasteiger partial charge >= 0.3 is 0 Å². The summed E-state index contributed by atoms with van der Waals surface area (Å²) in [5.41, 5.74) is 1.46. The molecule has 3 aromatic rings. The lowest BCUT2D eigenvalue weighted by Crippen LogP contribution is -2.19. The van der Waals surface area contributed by atoms with Crippen molar-refractivity contribution in [2.45, 2.75) is 0 Å². The number of oxime groups is 1. The number of ether oxygens (including phenoxy) is 1. The maximum Gasteiger partial charge on any atom is 0.128 e. The second-order valence-electron chi connectivity index (χ2n) is 5.50. The minimum Gasteiger partial charge on any atom is -0.496 e. The average Bonchev–Trinajstić information content (AvgIpc) is 2.70. The van der Waals surface area contributed by atoms with Crippen LogP contribution in [0.15, 0.2) is 90.1 Å². The lowest BCUT2D eigenvalue weighted by Gasteiger charge is -2.20. The summed E-state index contributed by atoms with van der Waals surface area (Å²) in [6.07, 6.45) is 0.639. The number of para-hydroxylation sites is 1. The number of rotatable bonds is 6. The van der Waals surface area contributed by atoms with Gasteiger partial charge in [0.2, 0.25) is 0 Å². The van der Waals surface area contributed by atoms with Crippen molar-refractivity contribution in [2.24, 2.45) is 5.16 Å². The predicted molar refractivity (Wildman–Crippen MR) is 105 cm³/mol. The quantitative estimate of drug-likeness (QED) is 0.316. The van der Waals surface area contributed by atoms with E-state index in [0.717, 1.165) is 5.56 Å². The van der Waals surface area contributed by atoms with Gasteiger partial charge in [-0.1, -0.05) is 78.0 Å². The highest BCUT2D eigenvalue weighted by Crippen LogP contribution is 2.35. The minimum atomic E-state index is -0.683. The first-order valence-corrected chi connectivity index (χ1v) is 9.58. The van der Waals surface area contributed by atoms with Crippen molar-refractivity contribution >= 4 is 24.2 Å². The largest absolute Gasteiger partial charge is 0.496 e. The Hall–Kier alpha value is -2.64. The van der Waals surface area contributed by atoms with Crippen molar-refractivity contribution < 1.29 is 9.94 Å². The predicted octanol–water partition coefficient (Wildman–Crippen LogP) is 4.01. The van der Waals surface area contributed by atoms with Crippen LogP contribution < -0.4 is 15.3 Å². The molecule has 0 radical (unpaired) electrons. The molecule has 0 aliphatic rings. The molecule has 1 N–H and O–H groups in total. The van der Waals surface area contributed by atoms with Crippen LogP contribution in [0.5, 0.6) is 5.75 Å². The van der Waals surface area contributed by atoms with E-state index in [1.54, 1.807) is 7.11 Å². The summed E-state index contributed by atoms with van der Waals surface area (Å²) in [5.74, 6) is 0.714. The lowest BCUT2D eigenvalue weighted by atomic mass is 10.1. The highest BCUT2D eigenvalue weighted by Gasteiger charge is 2.19. The first-order valence-electron chi connectivity index (χ1n) is 8.05. The van der Waals surface area contributed by atoms with Crippen molar-refractivity contribution in [1.82, 2.24) is 0 Å². The van der Waals surface area contributed by atoms with Crippen molar-refractivity contribution in [3.63, 3.8) is 0 Å². The van der Waals surface area contributed by atoms with Crippen LogP contribution >= 0.6 is 7.92 Å². The second kappa shape index (κ2) is 8.46. The summed E-state index contributed by atoms with van der Waals surface area (Å²) in [7, 11) is 0.947. The standard InChI is InChI=1S/C21H20NO2P/c1-24-21-15-9-8-14-19(21)20(22-23)16-25(17-10-4-2-5-11-17)18-12-6-3-7-13-18/h2-15,23H,16H2,1H3. The second-order valence-corrected chi connectivity index (χ2v) is 7.71. The minimum absolute atomic E-state index is 0.635. The maximum absolute atomic E-state index is 9.68. The van der Waals surface area contributed by atoms with Crippen LogP contribution in [0.25, 0.3) is 0 Å². The molecule has 0 fully saturated rings. The molecule has 0 saturated carbocycles. The molecule has 0 atom stereocenters.